The first-order valence-electron chi connectivity index (χ1n) is 5.82. The molecule has 2 aromatic rings. The highest BCUT2D eigenvalue weighted by atomic mass is 32.1. The van der Waals surface area contributed by atoms with Gasteiger partial charge >= 0.3 is 0 Å². The van der Waals surface area contributed by atoms with Crippen LogP contribution in [0.5, 0.6) is 0 Å². The molecule has 0 unspecified atom stereocenters. The molecule has 0 saturated carbocycles. The summed E-state index contributed by atoms with van der Waals surface area (Å²) in [6, 6.07) is 9.89. The van der Waals surface area contributed by atoms with Gasteiger partial charge in [0.2, 0.25) is 0 Å². The van der Waals surface area contributed by atoms with Crippen molar-refractivity contribution in [1.82, 2.24) is 4.98 Å². The molecule has 0 saturated heterocycles. The van der Waals surface area contributed by atoms with Crippen LogP contribution in [-0.2, 0) is 0 Å². The number of hydrogen-bond acceptors (Lipinski definition) is 2. The van der Waals surface area contributed by atoms with Gasteiger partial charge in [-0.1, -0.05) is 0 Å². The van der Waals surface area contributed by atoms with Gasteiger partial charge in [0.15, 0.2) is 5.11 Å². The molecule has 19 heavy (non-hydrogen) atoms. The molecule has 2 rings (SSSR count). The second kappa shape index (κ2) is 5.75. The number of benzene rings is 1. The van der Waals surface area contributed by atoms with Gasteiger partial charge in [0, 0.05) is 11.4 Å². The van der Waals surface area contributed by atoms with Crippen molar-refractivity contribution in [2.24, 2.45) is 0 Å². The van der Waals surface area contributed by atoms with Crippen molar-refractivity contribution in [3.05, 3.63) is 53.5 Å². The number of hydrogen-bond donors (Lipinski definition) is 2. The van der Waals surface area contributed by atoms with Crippen LogP contribution in [0.4, 0.5) is 15.9 Å². The van der Waals surface area contributed by atoms with Gasteiger partial charge in [0.25, 0.3) is 0 Å². The molecule has 0 aliphatic carbocycles. The van der Waals surface area contributed by atoms with E-state index in [0.29, 0.717) is 10.9 Å². The van der Waals surface area contributed by atoms with Gasteiger partial charge in [-0.3, -0.25) is 0 Å². The molecule has 0 spiro atoms. The quantitative estimate of drug-likeness (QED) is 0.820. The van der Waals surface area contributed by atoms with E-state index in [0.717, 1.165) is 16.9 Å². The molecule has 98 valence electrons. The summed E-state index contributed by atoms with van der Waals surface area (Å²) in [6.07, 6.45) is 0. The Morgan fingerprint density at radius 2 is 1.79 bits per heavy atom. The van der Waals surface area contributed by atoms with Crippen molar-refractivity contribution in [2.75, 3.05) is 10.6 Å². The van der Waals surface area contributed by atoms with Crippen molar-refractivity contribution >= 4 is 28.8 Å². The summed E-state index contributed by atoms with van der Waals surface area (Å²) in [7, 11) is 0. The lowest BCUT2D eigenvalue weighted by molar-refractivity contribution is 0.628. The van der Waals surface area contributed by atoms with Crippen LogP contribution in [-0.4, -0.2) is 10.1 Å². The highest BCUT2D eigenvalue weighted by molar-refractivity contribution is 7.80. The topological polar surface area (TPSA) is 37.0 Å². The zero-order valence-electron chi connectivity index (χ0n) is 10.7. The summed E-state index contributed by atoms with van der Waals surface area (Å²) in [6.45, 7) is 3.92. The fourth-order valence-corrected chi connectivity index (χ4v) is 1.94. The Kier molecular flexibility index (Phi) is 4.06. The average Bonchev–Trinajstić information content (AvgIpc) is 2.30. The number of pyridine rings is 1. The van der Waals surface area contributed by atoms with Gasteiger partial charge in [-0.25, -0.2) is 9.37 Å². The van der Waals surface area contributed by atoms with E-state index in [2.05, 4.69) is 15.6 Å². The molecule has 2 N–H and O–H groups in total. The Morgan fingerprint density at radius 1 is 1.11 bits per heavy atom. The standard InChI is InChI=1S/C14H14FN3S/c1-9-7-10(2)16-13(8-9)18-14(19)17-12-5-3-11(15)4-6-12/h3-8H,1-2H3,(H2,16,17,18,19). The molecule has 0 amide bonds. The number of rotatable bonds is 2. The fraction of sp³-hybridized carbons (Fsp3) is 0.143. The molecule has 0 aliphatic heterocycles. The average molecular weight is 275 g/mol. The summed E-state index contributed by atoms with van der Waals surface area (Å²) in [5.74, 6) is 0.414. The van der Waals surface area contributed by atoms with Crippen LogP contribution >= 0.6 is 12.2 Å². The number of aryl methyl sites for hydroxylation is 2. The van der Waals surface area contributed by atoms with Gasteiger partial charge in [-0.05, 0) is 68.0 Å². The largest absolute Gasteiger partial charge is 0.332 e. The van der Waals surface area contributed by atoms with Crippen molar-refractivity contribution in [3.63, 3.8) is 0 Å². The first-order chi connectivity index (χ1) is 9.02. The SMILES string of the molecule is Cc1cc(C)nc(NC(=S)Nc2ccc(F)cc2)c1. The maximum atomic E-state index is 12.8. The normalized spacial score (nSPS) is 10.1. The lowest BCUT2D eigenvalue weighted by Crippen LogP contribution is -2.20. The molecule has 0 aliphatic rings. The maximum Gasteiger partial charge on any atom is 0.176 e. The fourth-order valence-electron chi connectivity index (χ4n) is 1.72. The molecule has 0 fully saturated rings. The number of nitrogens with zero attached hydrogens (tertiary/aromatic N) is 1. The Bertz CT molecular complexity index is 576. The van der Waals surface area contributed by atoms with Gasteiger partial charge in [-0.15, -0.1) is 0 Å². The molecule has 5 heteroatoms. The minimum absolute atomic E-state index is 0.277. The predicted octanol–water partition coefficient (Wildman–Crippen LogP) is 3.65. The first kappa shape index (κ1) is 13.4. The lowest BCUT2D eigenvalue weighted by atomic mass is 10.2. The monoisotopic (exact) mass is 275 g/mol. The van der Waals surface area contributed by atoms with Crippen molar-refractivity contribution in [1.29, 1.82) is 0 Å². The van der Waals surface area contributed by atoms with Crippen LogP contribution in [0.15, 0.2) is 36.4 Å². The highest BCUT2D eigenvalue weighted by Crippen LogP contribution is 2.11. The number of halogens is 1. The third-order valence-corrected chi connectivity index (χ3v) is 2.65. The van der Waals surface area contributed by atoms with Crippen LogP contribution < -0.4 is 10.6 Å². The molecule has 0 bridgehead atoms. The molecular weight excluding hydrogens is 261 g/mol. The van der Waals surface area contributed by atoms with Crippen LogP contribution in [0.25, 0.3) is 0 Å². The van der Waals surface area contributed by atoms with Crippen LogP contribution in [0, 0.1) is 19.7 Å². The Labute approximate surface area is 116 Å². The molecule has 1 aromatic carbocycles. The zero-order valence-corrected chi connectivity index (χ0v) is 11.5. The van der Waals surface area contributed by atoms with E-state index in [1.807, 2.05) is 26.0 Å². The van der Waals surface area contributed by atoms with E-state index in [-0.39, 0.29) is 5.82 Å². The van der Waals surface area contributed by atoms with Gasteiger partial charge in [0.1, 0.15) is 11.6 Å². The van der Waals surface area contributed by atoms with Crippen LogP contribution in [0.2, 0.25) is 0 Å². The van der Waals surface area contributed by atoms with Crippen molar-refractivity contribution in [2.45, 2.75) is 13.8 Å². The van der Waals surface area contributed by atoms with E-state index in [9.17, 15) is 4.39 Å². The van der Waals surface area contributed by atoms with E-state index < -0.39 is 0 Å². The van der Waals surface area contributed by atoms with Crippen molar-refractivity contribution < 1.29 is 4.39 Å². The Balaban J connectivity index is 2.03. The summed E-state index contributed by atoms with van der Waals surface area (Å²) >= 11 is 5.18. The first-order valence-corrected chi connectivity index (χ1v) is 6.22. The summed E-state index contributed by atoms with van der Waals surface area (Å²) in [5, 5.41) is 6.39. The third-order valence-electron chi connectivity index (χ3n) is 2.44. The number of thiocarbonyl (C=S) groups is 1. The maximum absolute atomic E-state index is 12.8. The molecule has 1 heterocycles. The van der Waals surface area contributed by atoms with Crippen LogP contribution in [0.3, 0.4) is 0 Å². The van der Waals surface area contributed by atoms with Gasteiger partial charge < -0.3 is 10.6 Å². The smallest absolute Gasteiger partial charge is 0.176 e. The Hall–Kier alpha value is -2.01. The Morgan fingerprint density at radius 3 is 2.42 bits per heavy atom. The minimum Gasteiger partial charge on any atom is -0.332 e. The molecule has 0 radical (unpaired) electrons. The van der Waals surface area contributed by atoms with E-state index in [1.165, 1.54) is 12.1 Å². The highest BCUT2D eigenvalue weighted by Gasteiger charge is 2.01. The van der Waals surface area contributed by atoms with Gasteiger partial charge in [-0.2, -0.15) is 0 Å². The molecular formula is C14H14FN3S. The second-order valence-corrected chi connectivity index (χ2v) is 4.67. The molecule has 3 nitrogen and oxygen atoms in total. The second-order valence-electron chi connectivity index (χ2n) is 4.26. The van der Waals surface area contributed by atoms with Crippen LogP contribution in [0.1, 0.15) is 11.3 Å². The number of nitrogens with one attached hydrogen (secondary N) is 2. The predicted molar refractivity (Wildman–Crippen MR) is 80.0 cm³/mol. The number of aromatic nitrogens is 1. The molecule has 0 atom stereocenters. The third kappa shape index (κ3) is 3.99. The van der Waals surface area contributed by atoms with Crippen molar-refractivity contribution in [3.8, 4) is 0 Å². The summed E-state index contributed by atoms with van der Waals surface area (Å²) in [4.78, 5) is 4.33. The zero-order chi connectivity index (χ0) is 13.8. The number of anilines is 2. The van der Waals surface area contributed by atoms with E-state index in [1.54, 1.807) is 12.1 Å². The summed E-state index contributed by atoms with van der Waals surface area (Å²) < 4.78 is 12.8. The minimum atomic E-state index is -0.277. The molecule has 1 aromatic heterocycles. The van der Waals surface area contributed by atoms with E-state index in [4.69, 9.17) is 12.2 Å². The van der Waals surface area contributed by atoms with Gasteiger partial charge in [0.05, 0.1) is 0 Å². The van der Waals surface area contributed by atoms with E-state index >= 15 is 0 Å². The lowest BCUT2D eigenvalue weighted by Gasteiger charge is -2.11. The summed E-state index contributed by atoms with van der Waals surface area (Å²) in [5.41, 5.74) is 2.76.